The SMILES string of the molecule is C[C@@H]1[C@H]2CN(c3ccccc3)C(=O)[C@@]12C=O. The van der Waals surface area contributed by atoms with Gasteiger partial charge in [0, 0.05) is 18.2 Å². The van der Waals surface area contributed by atoms with Crippen LogP contribution in [0.25, 0.3) is 0 Å². The Morgan fingerprint density at radius 1 is 1.38 bits per heavy atom. The van der Waals surface area contributed by atoms with Crippen LogP contribution in [-0.4, -0.2) is 18.7 Å². The number of piperidine rings is 1. The molecule has 1 aromatic carbocycles. The van der Waals surface area contributed by atoms with Crippen LogP contribution < -0.4 is 4.90 Å². The molecule has 82 valence electrons. The topological polar surface area (TPSA) is 37.4 Å². The minimum atomic E-state index is -0.699. The Hall–Kier alpha value is -1.64. The minimum absolute atomic E-state index is 0.0220. The molecule has 1 aliphatic carbocycles. The lowest BCUT2D eigenvalue weighted by molar-refractivity contribution is -0.128. The monoisotopic (exact) mass is 215 g/mol. The first-order valence-corrected chi connectivity index (χ1v) is 5.55. The summed E-state index contributed by atoms with van der Waals surface area (Å²) in [6, 6.07) is 9.55. The second-order valence-electron chi connectivity index (χ2n) is 4.70. The second kappa shape index (κ2) is 2.94. The van der Waals surface area contributed by atoms with E-state index in [-0.39, 0.29) is 17.7 Å². The summed E-state index contributed by atoms with van der Waals surface area (Å²) in [6.45, 7) is 2.67. The van der Waals surface area contributed by atoms with E-state index >= 15 is 0 Å². The van der Waals surface area contributed by atoms with Crippen LogP contribution in [0, 0.1) is 17.3 Å². The average molecular weight is 215 g/mol. The molecule has 0 unspecified atom stereocenters. The van der Waals surface area contributed by atoms with Crippen molar-refractivity contribution < 1.29 is 9.59 Å². The van der Waals surface area contributed by atoms with Crippen molar-refractivity contribution >= 4 is 17.9 Å². The Labute approximate surface area is 94.1 Å². The van der Waals surface area contributed by atoms with Crippen LogP contribution in [0.15, 0.2) is 30.3 Å². The van der Waals surface area contributed by atoms with Crippen LogP contribution in [0.2, 0.25) is 0 Å². The minimum Gasteiger partial charge on any atom is -0.311 e. The summed E-state index contributed by atoms with van der Waals surface area (Å²) in [5, 5.41) is 0. The predicted octanol–water partition coefficient (Wildman–Crippen LogP) is 1.48. The van der Waals surface area contributed by atoms with E-state index < -0.39 is 5.41 Å². The Kier molecular flexibility index (Phi) is 1.76. The van der Waals surface area contributed by atoms with Crippen LogP contribution >= 0.6 is 0 Å². The number of fused-ring (bicyclic) bond motifs is 1. The summed E-state index contributed by atoms with van der Waals surface area (Å²) < 4.78 is 0. The van der Waals surface area contributed by atoms with Crippen molar-refractivity contribution in [3.05, 3.63) is 30.3 Å². The van der Waals surface area contributed by atoms with Crippen molar-refractivity contribution in [1.29, 1.82) is 0 Å². The zero-order chi connectivity index (χ0) is 11.3. The molecular formula is C13H13NO2. The van der Waals surface area contributed by atoms with Gasteiger partial charge in [0.25, 0.3) is 0 Å². The van der Waals surface area contributed by atoms with Crippen LogP contribution in [0.5, 0.6) is 0 Å². The van der Waals surface area contributed by atoms with Crippen LogP contribution in [-0.2, 0) is 9.59 Å². The van der Waals surface area contributed by atoms with Gasteiger partial charge in [-0.1, -0.05) is 25.1 Å². The third kappa shape index (κ3) is 0.932. The number of carbonyl (C=O) groups excluding carboxylic acids is 2. The molecule has 1 aliphatic heterocycles. The first-order chi connectivity index (χ1) is 7.71. The van der Waals surface area contributed by atoms with Crippen LogP contribution in [0.4, 0.5) is 5.69 Å². The van der Waals surface area contributed by atoms with E-state index in [4.69, 9.17) is 0 Å². The summed E-state index contributed by atoms with van der Waals surface area (Å²) in [5.74, 6) is 0.418. The van der Waals surface area contributed by atoms with E-state index in [1.807, 2.05) is 37.3 Å². The van der Waals surface area contributed by atoms with Crippen molar-refractivity contribution in [3.63, 3.8) is 0 Å². The molecule has 3 atom stereocenters. The highest BCUT2D eigenvalue weighted by Gasteiger charge is 2.73. The highest BCUT2D eigenvalue weighted by atomic mass is 16.2. The zero-order valence-corrected chi connectivity index (χ0v) is 9.09. The molecule has 1 saturated heterocycles. The second-order valence-corrected chi connectivity index (χ2v) is 4.70. The summed E-state index contributed by atoms with van der Waals surface area (Å²) in [6.07, 6.45) is 0.855. The third-order valence-corrected chi connectivity index (χ3v) is 4.12. The Morgan fingerprint density at radius 3 is 2.62 bits per heavy atom. The quantitative estimate of drug-likeness (QED) is 0.553. The standard InChI is InChI=1S/C13H13NO2/c1-9-11-7-14(10-5-3-2-4-6-10)12(16)13(9,11)8-15/h2-6,8-9,11H,7H2,1H3/t9-,11-,13+/m1/s1. The molecule has 3 nitrogen and oxygen atoms in total. The number of para-hydroxylation sites is 1. The molecule has 3 heteroatoms. The van der Waals surface area contributed by atoms with Crippen molar-refractivity contribution in [1.82, 2.24) is 0 Å². The van der Waals surface area contributed by atoms with Gasteiger partial charge in [0.1, 0.15) is 11.7 Å². The average Bonchev–Trinajstić information content (AvgIpc) is 2.76. The van der Waals surface area contributed by atoms with Gasteiger partial charge in [-0.25, -0.2) is 0 Å². The van der Waals surface area contributed by atoms with E-state index in [0.717, 1.165) is 12.0 Å². The van der Waals surface area contributed by atoms with E-state index in [9.17, 15) is 9.59 Å². The smallest absolute Gasteiger partial charge is 0.241 e. The number of carbonyl (C=O) groups is 2. The van der Waals surface area contributed by atoms with E-state index in [0.29, 0.717) is 6.54 Å². The Bertz CT molecular complexity index is 456. The fourth-order valence-corrected chi connectivity index (χ4v) is 2.93. The number of amides is 1. The number of anilines is 1. The maximum Gasteiger partial charge on any atom is 0.241 e. The van der Waals surface area contributed by atoms with Gasteiger partial charge in [0.15, 0.2) is 0 Å². The molecule has 0 bridgehead atoms. The maximum atomic E-state index is 12.2. The van der Waals surface area contributed by atoms with Gasteiger partial charge in [0.2, 0.25) is 5.91 Å². The summed E-state index contributed by atoms with van der Waals surface area (Å²) in [5.41, 5.74) is 0.198. The molecular weight excluding hydrogens is 202 g/mol. The summed E-state index contributed by atoms with van der Waals surface area (Å²) in [4.78, 5) is 25.1. The van der Waals surface area contributed by atoms with Crippen molar-refractivity contribution in [3.8, 4) is 0 Å². The highest BCUT2D eigenvalue weighted by Crippen LogP contribution is 2.62. The Balaban J connectivity index is 1.94. The lowest BCUT2D eigenvalue weighted by atomic mass is 10.1. The van der Waals surface area contributed by atoms with Gasteiger partial charge in [-0.05, 0) is 18.1 Å². The number of nitrogens with zero attached hydrogens (tertiary/aromatic N) is 1. The third-order valence-electron chi connectivity index (χ3n) is 4.12. The van der Waals surface area contributed by atoms with Gasteiger partial charge in [0.05, 0.1) is 0 Å². The first kappa shape index (κ1) is 9.58. The van der Waals surface area contributed by atoms with Gasteiger partial charge in [-0.2, -0.15) is 0 Å². The highest BCUT2D eigenvalue weighted by molar-refractivity contribution is 6.12. The van der Waals surface area contributed by atoms with E-state index in [1.54, 1.807) is 4.90 Å². The van der Waals surface area contributed by atoms with E-state index in [2.05, 4.69) is 0 Å². The number of aldehydes is 1. The van der Waals surface area contributed by atoms with Crippen molar-refractivity contribution in [2.24, 2.45) is 17.3 Å². The molecule has 1 heterocycles. The lowest BCUT2D eigenvalue weighted by Crippen LogP contribution is -2.34. The van der Waals surface area contributed by atoms with Gasteiger partial charge in [-0.3, -0.25) is 4.79 Å². The summed E-state index contributed by atoms with van der Waals surface area (Å²) in [7, 11) is 0. The van der Waals surface area contributed by atoms with Gasteiger partial charge < -0.3 is 9.69 Å². The number of hydrogen-bond acceptors (Lipinski definition) is 2. The number of rotatable bonds is 2. The largest absolute Gasteiger partial charge is 0.311 e. The molecule has 1 amide bonds. The molecule has 16 heavy (non-hydrogen) atoms. The first-order valence-electron chi connectivity index (χ1n) is 5.55. The molecule has 0 radical (unpaired) electrons. The van der Waals surface area contributed by atoms with Crippen molar-refractivity contribution in [2.75, 3.05) is 11.4 Å². The molecule has 1 saturated carbocycles. The fourth-order valence-electron chi connectivity index (χ4n) is 2.93. The molecule has 3 rings (SSSR count). The normalized spacial score (nSPS) is 36.1. The maximum absolute atomic E-state index is 12.2. The molecule has 0 aromatic heterocycles. The van der Waals surface area contributed by atoms with Gasteiger partial charge in [-0.15, -0.1) is 0 Å². The number of benzene rings is 1. The molecule has 0 spiro atoms. The predicted molar refractivity (Wildman–Crippen MR) is 59.9 cm³/mol. The van der Waals surface area contributed by atoms with Crippen molar-refractivity contribution in [2.45, 2.75) is 6.92 Å². The zero-order valence-electron chi connectivity index (χ0n) is 9.09. The Morgan fingerprint density at radius 2 is 2.06 bits per heavy atom. The molecule has 0 N–H and O–H groups in total. The van der Waals surface area contributed by atoms with Crippen LogP contribution in [0.3, 0.4) is 0 Å². The molecule has 1 aromatic rings. The molecule has 2 aliphatic rings. The van der Waals surface area contributed by atoms with Gasteiger partial charge >= 0.3 is 0 Å². The fraction of sp³-hybridized carbons (Fsp3) is 0.385. The van der Waals surface area contributed by atoms with Crippen LogP contribution in [0.1, 0.15) is 6.92 Å². The summed E-state index contributed by atoms with van der Waals surface area (Å²) >= 11 is 0. The lowest BCUT2D eigenvalue weighted by Gasteiger charge is -2.20. The number of hydrogen-bond donors (Lipinski definition) is 0. The molecule has 2 fully saturated rings. The van der Waals surface area contributed by atoms with E-state index in [1.165, 1.54) is 0 Å².